The minimum atomic E-state index is 0.410. The Kier molecular flexibility index (Phi) is 2.21. The van der Waals surface area contributed by atoms with Crippen LogP contribution in [0, 0.1) is 0 Å². The molecular weight excluding hydrogens is 202 g/mol. The molecule has 0 bridgehead atoms. The summed E-state index contributed by atoms with van der Waals surface area (Å²) < 4.78 is 0. The van der Waals surface area contributed by atoms with Gasteiger partial charge in [-0.05, 0) is 19.9 Å². The second kappa shape index (κ2) is 3.59. The van der Waals surface area contributed by atoms with Crippen LogP contribution in [-0.2, 0) is 0 Å². The summed E-state index contributed by atoms with van der Waals surface area (Å²) in [6.07, 6.45) is 2.49. The summed E-state index contributed by atoms with van der Waals surface area (Å²) in [5.74, 6) is 2.03. The van der Waals surface area contributed by atoms with Crippen molar-refractivity contribution in [3.63, 3.8) is 0 Å². The molecule has 0 amide bonds. The molecule has 3 N–H and O–H groups in total. The van der Waals surface area contributed by atoms with E-state index in [9.17, 15) is 0 Å². The fraction of sp³-hybridized carbons (Fsp3) is 0.636. The van der Waals surface area contributed by atoms with Gasteiger partial charge in [0, 0.05) is 31.1 Å². The van der Waals surface area contributed by atoms with Crippen molar-refractivity contribution in [1.29, 1.82) is 0 Å². The first-order chi connectivity index (χ1) is 7.76. The SMILES string of the molecule is CNC1CN(c2cc(C3CC3)nc(N)n2)C1. The van der Waals surface area contributed by atoms with Crippen LogP contribution < -0.4 is 16.0 Å². The first kappa shape index (κ1) is 9.84. The molecule has 1 aliphatic carbocycles. The molecule has 0 unspecified atom stereocenters. The maximum absolute atomic E-state index is 5.74. The van der Waals surface area contributed by atoms with Crippen molar-refractivity contribution < 1.29 is 0 Å². The number of aromatic nitrogens is 2. The lowest BCUT2D eigenvalue weighted by Gasteiger charge is -2.40. The molecule has 2 aliphatic rings. The highest BCUT2D eigenvalue weighted by atomic mass is 15.3. The van der Waals surface area contributed by atoms with Crippen LogP contribution in [-0.4, -0.2) is 36.1 Å². The van der Waals surface area contributed by atoms with E-state index in [4.69, 9.17) is 5.73 Å². The van der Waals surface area contributed by atoms with Crippen LogP contribution in [0.1, 0.15) is 24.5 Å². The predicted octanol–water partition coefficient (Wildman–Crippen LogP) is 0.344. The molecule has 16 heavy (non-hydrogen) atoms. The summed E-state index contributed by atoms with van der Waals surface area (Å²) in [6.45, 7) is 2.02. The summed E-state index contributed by atoms with van der Waals surface area (Å²) in [5.41, 5.74) is 6.86. The summed E-state index contributed by atoms with van der Waals surface area (Å²) >= 11 is 0. The minimum absolute atomic E-state index is 0.410. The van der Waals surface area contributed by atoms with Crippen molar-refractivity contribution in [2.45, 2.75) is 24.8 Å². The molecule has 2 heterocycles. The number of hydrogen-bond acceptors (Lipinski definition) is 5. The van der Waals surface area contributed by atoms with Gasteiger partial charge in [0.2, 0.25) is 5.95 Å². The Bertz CT molecular complexity index is 395. The highest BCUT2D eigenvalue weighted by Gasteiger charge is 2.30. The molecule has 1 saturated carbocycles. The molecule has 2 fully saturated rings. The largest absolute Gasteiger partial charge is 0.368 e. The van der Waals surface area contributed by atoms with E-state index in [2.05, 4.69) is 26.3 Å². The zero-order valence-corrected chi connectivity index (χ0v) is 9.48. The van der Waals surface area contributed by atoms with Crippen molar-refractivity contribution in [2.24, 2.45) is 0 Å². The lowest BCUT2D eigenvalue weighted by Crippen LogP contribution is -2.57. The number of hydrogen-bond donors (Lipinski definition) is 2. The van der Waals surface area contributed by atoms with Crippen molar-refractivity contribution in [1.82, 2.24) is 15.3 Å². The third-order valence-corrected chi connectivity index (χ3v) is 3.36. The number of rotatable bonds is 3. The predicted molar refractivity (Wildman–Crippen MR) is 63.5 cm³/mol. The Balaban J connectivity index is 1.79. The smallest absolute Gasteiger partial charge is 0.222 e. The second-order valence-electron chi connectivity index (χ2n) is 4.67. The maximum Gasteiger partial charge on any atom is 0.222 e. The van der Waals surface area contributed by atoms with E-state index in [0.717, 1.165) is 24.6 Å². The number of nitrogen functional groups attached to an aromatic ring is 1. The van der Waals surface area contributed by atoms with Crippen molar-refractivity contribution in [3.05, 3.63) is 11.8 Å². The average Bonchev–Trinajstić information content (AvgIpc) is 2.98. The van der Waals surface area contributed by atoms with Crippen molar-refractivity contribution in [2.75, 3.05) is 30.8 Å². The van der Waals surface area contributed by atoms with Gasteiger partial charge in [0.25, 0.3) is 0 Å². The molecule has 5 nitrogen and oxygen atoms in total. The van der Waals surface area contributed by atoms with Crippen LogP contribution in [0.25, 0.3) is 0 Å². The van der Waals surface area contributed by atoms with Gasteiger partial charge in [0.1, 0.15) is 5.82 Å². The Morgan fingerprint density at radius 3 is 2.75 bits per heavy atom. The van der Waals surface area contributed by atoms with Gasteiger partial charge in [0.15, 0.2) is 0 Å². The van der Waals surface area contributed by atoms with E-state index in [1.807, 2.05) is 7.05 Å². The van der Waals surface area contributed by atoms with Crippen LogP contribution >= 0.6 is 0 Å². The molecule has 0 aromatic carbocycles. The van der Waals surface area contributed by atoms with Crippen molar-refractivity contribution >= 4 is 11.8 Å². The standard InChI is InChI=1S/C11H17N5/c1-13-8-5-16(6-8)10-4-9(7-2-3-7)14-11(12)15-10/h4,7-8,13H,2-3,5-6H2,1H3,(H2,12,14,15). The monoisotopic (exact) mass is 219 g/mol. The molecule has 0 spiro atoms. The van der Waals surface area contributed by atoms with Gasteiger partial charge in [-0.1, -0.05) is 0 Å². The van der Waals surface area contributed by atoms with Crippen LogP contribution in [0.2, 0.25) is 0 Å². The summed E-state index contributed by atoms with van der Waals surface area (Å²) in [6, 6.07) is 2.68. The van der Waals surface area contributed by atoms with Gasteiger partial charge in [-0.3, -0.25) is 0 Å². The van der Waals surface area contributed by atoms with Gasteiger partial charge in [0.05, 0.1) is 5.69 Å². The fourth-order valence-corrected chi connectivity index (χ4v) is 2.07. The van der Waals surface area contributed by atoms with Crippen LogP contribution in [0.15, 0.2) is 6.07 Å². The maximum atomic E-state index is 5.74. The molecule has 0 atom stereocenters. The van der Waals surface area contributed by atoms with E-state index < -0.39 is 0 Å². The third kappa shape index (κ3) is 1.71. The lowest BCUT2D eigenvalue weighted by molar-refractivity contribution is 0.447. The van der Waals surface area contributed by atoms with Crippen LogP contribution in [0.3, 0.4) is 0 Å². The second-order valence-corrected chi connectivity index (χ2v) is 4.67. The topological polar surface area (TPSA) is 67.1 Å². The third-order valence-electron chi connectivity index (χ3n) is 3.36. The van der Waals surface area contributed by atoms with E-state index >= 15 is 0 Å². The normalized spacial score (nSPS) is 20.9. The Morgan fingerprint density at radius 1 is 1.38 bits per heavy atom. The number of nitrogens with zero attached hydrogens (tertiary/aromatic N) is 3. The zero-order valence-electron chi connectivity index (χ0n) is 9.48. The molecular formula is C11H17N5. The minimum Gasteiger partial charge on any atom is -0.368 e. The van der Waals surface area contributed by atoms with Gasteiger partial charge in [-0.25, -0.2) is 4.98 Å². The fourth-order valence-electron chi connectivity index (χ4n) is 2.07. The van der Waals surface area contributed by atoms with E-state index in [0.29, 0.717) is 17.9 Å². The molecule has 1 saturated heterocycles. The Morgan fingerprint density at radius 2 is 2.12 bits per heavy atom. The van der Waals surface area contributed by atoms with Gasteiger partial charge < -0.3 is 16.0 Å². The van der Waals surface area contributed by atoms with Gasteiger partial charge in [-0.2, -0.15) is 4.98 Å². The van der Waals surface area contributed by atoms with E-state index in [1.165, 1.54) is 12.8 Å². The molecule has 5 heteroatoms. The summed E-state index contributed by atoms with van der Waals surface area (Å²) in [7, 11) is 1.99. The number of likely N-dealkylation sites (N-methyl/N-ethyl adjacent to an activating group) is 1. The van der Waals surface area contributed by atoms with Gasteiger partial charge >= 0.3 is 0 Å². The molecule has 1 aromatic rings. The molecule has 86 valence electrons. The molecule has 3 rings (SSSR count). The highest BCUT2D eigenvalue weighted by molar-refractivity contribution is 5.47. The number of nitrogens with two attached hydrogens (primary N) is 1. The Hall–Kier alpha value is -1.36. The first-order valence-electron chi connectivity index (χ1n) is 5.83. The van der Waals surface area contributed by atoms with Crippen LogP contribution in [0.5, 0.6) is 0 Å². The average molecular weight is 219 g/mol. The van der Waals surface area contributed by atoms with E-state index in [1.54, 1.807) is 0 Å². The summed E-state index contributed by atoms with van der Waals surface area (Å²) in [4.78, 5) is 10.8. The molecule has 1 aliphatic heterocycles. The number of nitrogens with one attached hydrogen (secondary N) is 1. The van der Waals surface area contributed by atoms with Crippen molar-refractivity contribution in [3.8, 4) is 0 Å². The first-order valence-corrected chi connectivity index (χ1v) is 5.83. The quantitative estimate of drug-likeness (QED) is 0.767. The Labute approximate surface area is 95.1 Å². The van der Waals surface area contributed by atoms with Crippen LogP contribution in [0.4, 0.5) is 11.8 Å². The number of anilines is 2. The van der Waals surface area contributed by atoms with Gasteiger partial charge in [-0.15, -0.1) is 0 Å². The summed E-state index contributed by atoms with van der Waals surface area (Å²) in [5, 5.41) is 3.25. The molecule has 1 aromatic heterocycles. The molecule has 0 radical (unpaired) electrons. The highest BCUT2D eigenvalue weighted by Crippen LogP contribution is 2.40. The van der Waals surface area contributed by atoms with E-state index in [-0.39, 0.29) is 0 Å². The zero-order chi connectivity index (χ0) is 11.1. The lowest BCUT2D eigenvalue weighted by atomic mass is 10.1.